The number of aromatic carboxylic acids is 1. The highest BCUT2D eigenvalue weighted by Crippen LogP contribution is 2.24. The Bertz CT molecular complexity index is 512. The third-order valence-electron chi connectivity index (χ3n) is 2.55. The Labute approximate surface area is 96.9 Å². The van der Waals surface area contributed by atoms with Crippen LogP contribution in [-0.2, 0) is 9.59 Å². The van der Waals surface area contributed by atoms with Crippen molar-refractivity contribution in [1.82, 2.24) is 4.98 Å². The smallest absolute Gasteiger partial charge is 0.354 e. The van der Waals surface area contributed by atoms with Crippen molar-refractivity contribution in [3.8, 4) is 0 Å². The number of hydrogen-bond acceptors (Lipinski definition) is 4. The average Bonchev–Trinajstić information content (AvgIpc) is 2.53. The second-order valence-electron chi connectivity index (χ2n) is 3.86. The summed E-state index contributed by atoms with van der Waals surface area (Å²) in [6.07, 6.45) is 0.137. The van der Waals surface area contributed by atoms with Crippen molar-refractivity contribution in [2.45, 2.75) is 13.3 Å². The third kappa shape index (κ3) is 1.89. The lowest BCUT2D eigenvalue weighted by Crippen LogP contribution is -2.31. The Morgan fingerprint density at radius 1 is 1.47 bits per heavy atom. The number of hydrogen-bond donors (Lipinski definition) is 1. The molecular formula is C11H10N2O4. The Morgan fingerprint density at radius 3 is 2.71 bits per heavy atom. The molecule has 1 aliphatic heterocycles. The summed E-state index contributed by atoms with van der Waals surface area (Å²) < 4.78 is 0. The van der Waals surface area contributed by atoms with E-state index in [-0.39, 0.29) is 35.7 Å². The highest BCUT2D eigenvalue weighted by Gasteiger charge is 2.37. The summed E-state index contributed by atoms with van der Waals surface area (Å²) in [5.74, 6) is -2.19. The minimum atomic E-state index is -1.20. The first kappa shape index (κ1) is 11.3. The van der Waals surface area contributed by atoms with Crippen LogP contribution >= 0.6 is 0 Å². The van der Waals surface area contributed by atoms with Gasteiger partial charge in [-0.3, -0.25) is 9.59 Å². The van der Waals surface area contributed by atoms with E-state index in [2.05, 4.69) is 4.98 Å². The lowest BCUT2D eigenvalue weighted by Gasteiger charge is -2.13. The van der Waals surface area contributed by atoms with Crippen LogP contribution in [0.1, 0.15) is 23.8 Å². The Morgan fingerprint density at radius 2 is 2.18 bits per heavy atom. The fourth-order valence-corrected chi connectivity index (χ4v) is 1.69. The number of anilines is 1. The molecule has 0 aromatic carbocycles. The van der Waals surface area contributed by atoms with Crippen molar-refractivity contribution >= 4 is 23.6 Å². The number of aromatic nitrogens is 1. The van der Waals surface area contributed by atoms with E-state index in [0.717, 1.165) is 4.90 Å². The molecule has 0 bridgehead atoms. The van der Waals surface area contributed by atoms with Gasteiger partial charge in [-0.25, -0.2) is 14.7 Å². The van der Waals surface area contributed by atoms with Gasteiger partial charge in [-0.15, -0.1) is 0 Å². The van der Waals surface area contributed by atoms with Gasteiger partial charge >= 0.3 is 5.97 Å². The Kier molecular flexibility index (Phi) is 2.63. The molecule has 1 aromatic rings. The Balaban J connectivity index is 2.40. The maximum atomic E-state index is 11.7. The highest BCUT2D eigenvalue weighted by molar-refractivity contribution is 6.20. The number of amides is 2. The van der Waals surface area contributed by atoms with Gasteiger partial charge in [0.15, 0.2) is 5.69 Å². The Hall–Kier alpha value is -2.24. The molecule has 0 radical (unpaired) electrons. The average molecular weight is 234 g/mol. The van der Waals surface area contributed by atoms with Crippen molar-refractivity contribution in [2.75, 3.05) is 4.90 Å². The van der Waals surface area contributed by atoms with Gasteiger partial charge in [0.05, 0.1) is 0 Å². The molecule has 1 unspecified atom stereocenters. The van der Waals surface area contributed by atoms with Crippen molar-refractivity contribution < 1.29 is 19.5 Å². The molecule has 0 aliphatic carbocycles. The fraction of sp³-hybridized carbons (Fsp3) is 0.273. The lowest BCUT2D eigenvalue weighted by molar-refractivity contribution is -0.122. The van der Waals surface area contributed by atoms with E-state index in [1.807, 2.05) is 0 Å². The second kappa shape index (κ2) is 3.97. The van der Waals surface area contributed by atoms with E-state index in [1.165, 1.54) is 18.2 Å². The van der Waals surface area contributed by atoms with Crippen LogP contribution in [0.2, 0.25) is 0 Å². The van der Waals surface area contributed by atoms with Gasteiger partial charge < -0.3 is 5.11 Å². The van der Waals surface area contributed by atoms with Gasteiger partial charge in [-0.05, 0) is 12.1 Å². The van der Waals surface area contributed by atoms with Gasteiger partial charge in [0.1, 0.15) is 5.82 Å². The normalized spacial score (nSPS) is 19.8. The molecule has 2 rings (SSSR count). The van der Waals surface area contributed by atoms with E-state index < -0.39 is 5.97 Å². The third-order valence-corrected chi connectivity index (χ3v) is 2.55. The minimum Gasteiger partial charge on any atom is -0.477 e. The monoisotopic (exact) mass is 234 g/mol. The summed E-state index contributed by atoms with van der Waals surface area (Å²) in [4.78, 5) is 38.8. The van der Waals surface area contributed by atoms with E-state index in [0.29, 0.717) is 0 Å². The molecule has 1 fully saturated rings. The maximum Gasteiger partial charge on any atom is 0.354 e. The molecule has 1 N–H and O–H groups in total. The van der Waals surface area contributed by atoms with Crippen LogP contribution in [0.5, 0.6) is 0 Å². The largest absolute Gasteiger partial charge is 0.477 e. The minimum absolute atomic E-state index is 0.0734. The van der Waals surface area contributed by atoms with Crippen molar-refractivity contribution in [1.29, 1.82) is 0 Å². The summed E-state index contributed by atoms with van der Waals surface area (Å²) in [5.41, 5.74) is -0.192. The van der Waals surface area contributed by atoms with E-state index >= 15 is 0 Å². The zero-order chi connectivity index (χ0) is 12.6. The molecular weight excluding hydrogens is 224 g/mol. The number of carbonyl (C=O) groups excluding carboxylic acids is 2. The lowest BCUT2D eigenvalue weighted by atomic mass is 10.1. The van der Waals surface area contributed by atoms with Crippen LogP contribution in [0.4, 0.5) is 5.82 Å². The number of imide groups is 1. The first-order valence-corrected chi connectivity index (χ1v) is 5.08. The molecule has 0 saturated carbocycles. The van der Waals surface area contributed by atoms with E-state index in [1.54, 1.807) is 6.92 Å². The first-order valence-electron chi connectivity index (χ1n) is 5.08. The SMILES string of the molecule is CC1CC(=O)N(c2cccc(C(=O)O)n2)C1=O. The maximum absolute atomic E-state index is 11.7. The fourth-order valence-electron chi connectivity index (χ4n) is 1.69. The van der Waals surface area contributed by atoms with Gasteiger partial charge in [-0.2, -0.15) is 0 Å². The van der Waals surface area contributed by atoms with Crippen LogP contribution in [0.15, 0.2) is 18.2 Å². The molecule has 1 saturated heterocycles. The number of rotatable bonds is 2. The first-order chi connectivity index (χ1) is 8.00. The molecule has 0 spiro atoms. The predicted molar refractivity (Wildman–Crippen MR) is 57.5 cm³/mol. The molecule has 88 valence electrons. The molecule has 2 amide bonds. The van der Waals surface area contributed by atoms with E-state index in [4.69, 9.17) is 5.11 Å². The van der Waals surface area contributed by atoms with Gasteiger partial charge in [0, 0.05) is 12.3 Å². The highest BCUT2D eigenvalue weighted by atomic mass is 16.4. The number of carbonyl (C=O) groups is 3. The van der Waals surface area contributed by atoms with Crippen LogP contribution in [0.25, 0.3) is 0 Å². The molecule has 6 heteroatoms. The summed E-state index contributed by atoms with van der Waals surface area (Å²) in [5, 5.41) is 8.78. The molecule has 1 atom stereocenters. The van der Waals surface area contributed by atoms with Crippen LogP contribution in [0.3, 0.4) is 0 Å². The molecule has 1 aromatic heterocycles. The van der Waals surface area contributed by atoms with Gasteiger partial charge in [-0.1, -0.05) is 13.0 Å². The number of pyridine rings is 1. The zero-order valence-corrected chi connectivity index (χ0v) is 9.08. The van der Waals surface area contributed by atoms with Crippen LogP contribution in [0, 0.1) is 5.92 Å². The quantitative estimate of drug-likeness (QED) is 0.760. The molecule has 17 heavy (non-hydrogen) atoms. The zero-order valence-electron chi connectivity index (χ0n) is 9.08. The van der Waals surface area contributed by atoms with E-state index in [9.17, 15) is 14.4 Å². The summed E-state index contributed by atoms with van der Waals surface area (Å²) >= 11 is 0. The van der Waals surface area contributed by atoms with Crippen molar-refractivity contribution in [3.05, 3.63) is 23.9 Å². The second-order valence-corrected chi connectivity index (χ2v) is 3.86. The van der Waals surface area contributed by atoms with Crippen molar-refractivity contribution in [3.63, 3.8) is 0 Å². The van der Waals surface area contributed by atoms with Gasteiger partial charge in [0.2, 0.25) is 11.8 Å². The predicted octanol–water partition coefficient (Wildman–Crippen LogP) is 0.679. The summed E-state index contributed by atoms with van der Waals surface area (Å²) in [6, 6.07) is 4.20. The molecule has 6 nitrogen and oxygen atoms in total. The van der Waals surface area contributed by atoms with Crippen LogP contribution < -0.4 is 4.90 Å². The van der Waals surface area contributed by atoms with Crippen molar-refractivity contribution in [2.24, 2.45) is 5.92 Å². The number of nitrogens with zero attached hydrogens (tertiary/aromatic N) is 2. The number of carboxylic acids is 1. The summed E-state index contributed by atoms with van der Waals surface area (Å²) in [7, 11) is 0. The summed E-state index contributed by atoms with van der Waals surface area (Å²) in [6.45, 7) is 1.65. The van der Waals surface area contributed by atoms with Crippen LogP contribution in [-0.4, -0.2) is 27.9 Å². The van der Waals surface area contributed by atoms with Gasteiger partial charge in [0.25, 0.3) is 0 Å². The molecule has 1 aliphatic rings. The number of carboxylic acid groups (broad SMARTS) is 1. The standard InChI is InChI=1S/C11H10N2O4/c1-6-5-9(14)13(10(6)15)8-4-2-3-7(12-8)11(16)17/h2-4,6H,5H2,1H3,(H,16,17). The molecule has 2 heterocycles. The topological polar surface area (TPSA) is 87.6 Å².